The molecule has 114 heavy (non-hydrogen) atoms. The van der Waals surface area contributed by atoms with Crippen LogP contribution in [-0.2, 0) is 85.5 Å². The van der Waals surface area contributed by atoms with Gasteiger partial charge in [-0.25, -0.2) is 4.79 Å². The average Bonchev–Trinajstić information content (AvgIpc) is 0.670. The van der Waals surface area contributed by atoms with Crippen molar-refractivity contribution in [1.29, 1.82) is 0 Å². The van der Waals surface area contributed by atoms with E-state index >= 15 is 4.79 Å². The van der Waals surface area contributed by atoms with Crippen molar-refractivity contribution in [2.45, 2.75) is 304 Å². The topological polar surface area (TPSA) is 571 Å². The number of aliphatic hydroxyl groups excluding tert-OH is 17. The Morgan fingerprint density at radius 3 is 1.68 bits per heavy atom. The van der Waals surface area contributed by atoms with Crippen molar-refractivity contribution in [3.63, 3.8) is 0 Å². The number of rotatable bonds is 22. The van der Waals surface area contributed by atoms with Crippen LogP contribution in [0.15, 0.2) is 42.0 Å². The number of carboxylic acids is 1. The third-order valence-electron chi connectivity index (χ3n) is 27.2. The lowest BCUT2D eigenvalue weighted by Crippen LogP contribution is -2.71. The van der Waals surface area contributed by atoms with Crippen LogP contribution in [-0.4, -0.2) is 346 Å². The summed E-state index contributed by atoms with van der Waals surface area (Å²) < 4.78 is 90.6. The molecule has 0 bridgehead atoms. The quantitative estimate of drug-likeness (QED) is 0.0174. The van der Waals surface area contributed by atoms with E-state index in [9.17, 15) is 106 Å². The second-order valence-electron chi connectivity index (χ2n) is 34.4. The lowest BCUT2D eigenvalue weighted by Gasteiger charge is -2.71. The number of carbonyl (C=O) groups is 4. The van der Waals surface area contributed by atoms with Crippen LogP contribution in [0, 0.1) is 50.2 Å². The first-order valence-corrected chi connectivity index (χ1v) is 39.0. The minimum Gasteiger partial charge on any atom is -0.497 e. The number of allylic oxidation sites excluding steroid dienone is 1. The summed E-state index contributed by atoms with van der Waals surface area (Å²) >= 11 is 0. The molecule has 37 nitrogen and oxygen atoms in total. The number of aliphatic carboxylic acids is 1. The van der Waals surface area contributed by atoms with Crippen LogP contribution in [0.2, 0.25) is 0 Å². The molecule has 0 unspecified atom stereocenters. The molecule has 39 atom stereocenters. The van der Waals surface area contributed by atoms with Crippen LogP contribution in [0.25, 0.3) is 6.08 Å². The van der Waals surface area contributed by atoms with Gasteiger partial charge in [0.2, 0.25) is 6.29 Å². The number of aliphatic hydroxyl groups is 17. The maximum atomic E-state index is 16.5. The Morgan fingerprint density at radius 1 is 0.544 bits per heavy atom. The van der Waals surface area contributed by atoms with Crippen molar-refractivity contribution in [3.05, 3.63) is 47.6 Å². The van der Waals surface area contributed by atoms with Gasteiger partial charge in [0.05, 0.1) is 62.7 Å². The number of fused-ring (bicyclic) bond motifs is 7. The molecule has 0 spiro atoms. The monoisotopic (exact) mass is 1630 g/mol. The van der Waals surface area contributed by atoms with Crippen molar-refractivity contribution >= 4 is 30.0 Å². The fourth-order valence-electron chi connectivity index (χ4n) is 20.7. The predicted octanol–water partition coefficient (Wildman–Crippen LogP) is -3.84. The first-order chi connectivity index (χ1) is 53.7. The number of ether oxygens (including phenoxy) is 15. The van der Waals surface area contributed by atoms with Crippen molar-refractivity contribution in [2.75, 3.05) is 40.1 Å². The number of hydrogen-bond acceptors (Lipinski definition) is 36. The van der Waals surface area contributed by atoms with E-state index in [-0.39, 0.29) is 38.5 Å². The molecule has 11 aliphatic rings. The van der Waals surface area contributed by atoms with Gasteiger partial charge in [-0.2, -0.15) is 0 Å². The summed E-state index contributed by atoms with van der Waals surface area (Å²) in [7, 11) is 1.47. The molecule has 5 aliphatic carbocycles. The number of esters is 3. The average molecular weight is 1630 g/mol. The van der Waals surface area contributed by atoms with Crippen LogP contribution >= 0.6 is 0 Å². The van der Waals surface area contributed by atoms with Crippen molar-refractivity contribution < 1.29 is 182 Å². The first-order valence-electron chi connectivity index (χ1n) is 39.0. The summed E-state index contributed by atoms with van der Waals surface area (Å²) in [6.45, 7) is 10.0. The van der Waals surface area contributed by atoms with Crippen LogP contribution in [0.4, 0.5) is 0 Å². The Labute approximate surface area is 657 Å². The summed E-state index contributed by atoms with van der Waals surface area (Å²) in [6.07, 6.45) is -50.1. The largest absolute Gasteiger partial charge is 0.497 e. The molecule has 1 aromatic rings. The minimum atomic E-state index is -2.24. The van der Waals surface area contributed by atoms with Gasteiger partial charge < -0.3 is 163 Å². The minimum absolute atomic E-state index is 0.0461. The van der Waals surface area contributed by atoms with E-state index in [0.717, 1.165) is 18.6 Å². The zero-order chi connectivity index (χ0) is 83.1. The molecule has 12 rings (SSSR count). The van der Waals surface area contributed by atoms with E-state index in [1.165, 1.54) is 34.0 Å². The maximum absolute atomic E-state index is 16.5. The van der Waals surface area contributed by atoms with Gasteiger partial charge in [0.15, 0.2) is 43.7 Å². The van der Waals surface area contributed by atoms with Gasteiger partial charge in [-0.05, 0) is 136 Å². The molecule has 0 radical (unpaired) electrons. The van der Waals surface area contributed by atoms with E-state index in [1.54, 1.807) is 24.3 Å². The van der Waals surface area contributed by atoms with Crippen LogP contribution in [0.5, 0.6) is 5.75 Å². The van der Waals surface area contributed by atoms with E-state index < -0.39 is 297 Å². The Kier molecular flexibility index (Phi) is 26.7. The van der Waals surface area contributed by atoms with Gasteiger partial charge in [-0.15, -0.1) is 0 Å². The molecule has 0 aromatic heterocycles. The van der Waals surface area contributed by atoms with E-state index in [2.05, 4.69) is 6.92 Å². The summed E-state index contributed by atoms with van der Waals surface area (Å²) in [5.74, 6) is -5.50. The number of benzene rings is 1. The zero-order valence-electron chi connectivity index (χ0n) is 64.9. The molecular weight excluding hydrogens is 1520 g/mol. The van der Waals surface area contributed by atoms with Gasteiger partial charge >= 0.3 is 23.9 Å². The predicted molar refractivity (Wildman–Crippen MR) is 379 cm³/mol. The Bertz CT molecular complexity index is 3570. The normalized spacial score (nSPS) is 48.8. The fourth-order valence-corrected chi connectivity index (χ4v) is 20.7. The molecule has 6 saturated heterocycles. The molecule has 18 N–H and O–H groups in total. The smallest absolute Gasteiger partial charge is 0.331 e. The summed E-state index contributed by atoms with van der Waals surface area (Å²) in [5, 5.41) is 202. The number of carbonyl (C=O) groups excluding carboxylic acids is 3. The number of methoxy groups -OCH3 is 1. The van der Waals surface area contributed by atoms with Gasteiger partial charge in [-0.3, -0.25) is 14.4 Å². The summed E-state index contributed by atoms with van der Waals surface area (Å²) in [6, 6.07) is 6.55. The van der Waals surface area contributed by atoms with E-state index in [1.807, 2.05) is 26.8 Å². The standard InChI is InChI=1S/C77H114O37/c1-31-59(110-64-54(92)49(87)42(29-102-64)107-66-55(93)50(88)46(84)39(26-78)105-66)53(91)58(96)65(103-31)112-62-61(111-67-56(94)52(90)48(86)41(108-67)28-101-33(3)81)60(109-45(83)17-12-34-10-13-35(100-9)14-11-34)32(2)104-69(62)114-71(99)76-21-20-72(4,5)24-37(76)36-15-16-43-73(6)25-38(82)63(113-68-57(95)51(89)47(85)40(27-79)106-68)75(8,70(97)98)44(73)18-19-74(43,7)77(36,30-80)23-22-76/h10-15,17,31-32,37-44,46-69,78-80,82,84-96H,16,18-30H2,1-9H3,(H,97,98)/b17-12+/t31-,32+,37-,38-,39+,40+,41+,42+,43+,44+,46-,47+,48+,49-,50-,51-,52-,53-,54+,55+,56+,57+,58+,59-,60-,61-,62+,63-,64-,65-,66-,67-,68-,69-,73+,74+,75-,76-,77-/m0/s1. The Balaban J connectivity index is 0.871. The van der Waals surface area contributed by atoms with Crippen molar-refractivity contribution in [3.8, 4) is 5.75 Å². The highest BCUT2D eigenvalue weighted by molar-refractivity contribution is 5.87. The molecule has 0 amide bonds. The molecule has 6 aliphatic heterocycles. The lowest BCUT2D eigenvalue weighted by molar-refractivity contribution is -0.393. The fraction of sp³-hybridized carbons (Fsp3) is 0.818. The van der Waals surface area contributed by atoms with Crippen molar-refractivity contribution in [1.82, 2.24) is 0 Å². The Hall–Kier alpha value is -4.74. The van der Waals surface area contributed by atoms with Gasteiger partial charge in [0.25, 0.3) is 0 Å². The number of carboxylic acid groups (broad SMARTS) is 1. The molecular formula is C77H114O37. The van der Waals surface area contributed by atoms with E-state index in [4.69, 9.17) is 71.1 Å². The van der Waals surface area contributed by atoms with Crippen LogP contribution in [0.1, 0.15) is 119 Å². The maximum Gasteiger partial charge on any atom is 0.331 e. The zero-order valence-corrected chi connectivity index (χ0v) is 64.9. The molecule has 10 fully saturated rings. The highest BCUT2D eigenvalue weighted by Crippen LogP contribution is 2.76. The highest BCUT2D eigenvalue weighted by Gasteiger charge is 2.74. The van der Waals surface area contributed by atoms with Gasteiger partial charge in [0.1, 0.15) is 134 Å². The van der Waals surface area contributed by atoms with Gasteiger partial charge in [0, 0.05) is 18.4 Å². The second kappa shape index (κ2) is 34.4. The van der Waals surface area contributed by atoms with Gasteiger partial charge in [-0.1, -0.05) is 51.5 Å². The second-order valence-corrected chi connectivity index (χ2v) is 34.4. The third kappa shape index (κ3) is 16.0. The molecule has 1 aromatic carbocycles. The molecule has 4 saturated carbocycles. The molecule has 6 heterocycles. The van der Waals surface area contributed by atoms with Crippen LogP contribution < -0.4 is 4.74 Å². The molecule has 644 valence electrons. The third-order valence-corrected chi connectivity index (χ3v) is 27.2. The van der Waals surface area contributed by atoms with Crippen LogP contribution in [0.3, 0.4) is 0 Å². The lowest BCUT2D eigenvalue weighted by atomic mass is 9.33. The number of hydrogen-bond donors (Lipinski definition) is 18. The van der Waals surface area contributed by atoms with E-state index in [0.29, 0.717) is 30.6 Å². The summed E-state index contributed by atoms with van der Waals surface area (Å²) in [5.41, 5.74) is -5.64. The van der Waals surface area contributed by atoms with Crippen molar-refractivity contribution in [2.24, 2.45) is 50.2 Å². The highest BCUT2D eigenvalue weighted by atomic mass is 16.8. The SMILES string of the molecule is COc1ccc(/C=C/C(=O)O[C@@H]2[C@H](O[C@@H]3O[C@H](COC(C)=O)[C@@H](O)[C@H](O)[C@H]3O)[C@@H](O[C@@H]3O[C@@H](C)[C@H](O[C@@H]4OC[C@@H](O[C@@H]5O[C@H](CO)[C@H](O)[C@H](O)[C@H]5O)[C@H](O)[C@H]4O)[C@@H](O)[C@H]3O)[C@H](OC(=O)[C@]34CCC(C)(C)C[C@H]3C3=CC[C@@H]5[C@@]6(C)C[C@H](O)[C@H](O[C@@H]7O[C@H](CO)[C@@H](O)[C@H](O)[C@H]7O)[C@@](C)(C(=O)O)[C@@H]6CC[C@@]5(C)[C@]3(CO)CC4)O[C@@H]2C)cc1. The molecule has 37 heteroatoms. The first kappa shape index (κ1) is 88.5. The summed E-state index contributed by atoms with van der Waals surface area (Å²) in [4.78, 5) is 57.0. The Morgan fingerprint density at radius 2 is 1.08 bits per heavy atom.